The predicted molar refractivity (Wildman–Crippen MR) is 115 cm³/mol. The minimum atomic E-state index is -0.449. The largest absolute Gasteiger partial charge is 0.493 e. The number of halogens is 1. The average molecular weight is 425 g/mol. The molecule has 0 saturated carbocycles. The number of nitrogens with zero attached hydrogens (tertiary/aromatic N) is 2. The van der Waals surface area contributed by atoms with Crippen molar-refractivity contribution in [3.63, 3.8) is 0 Å². The zero-order valence-electron chi connectivity index (χ0n) is 17.6. The summed E-state index contributed by atoms with van der Waals surface area (Å²) < 4.78 is 25.6. The fourth-order valence-electron chi connectivity index (χ4n) is 3.22. The topological polar surface area (TPSA) is 82.5 Å². The zero-order chi connectivity index (χ0) is 22.4. The quantitative estimate of drug-likeness (QED) is 0.600. The summed E-state index contributed by atoms with van der Waals surface area (Å²) in [5.74, 6) is 0.485. The summed E-state index contributed by atoms with van der Waals surface area (Å²) in [6.07, 6.45) is 0.542. The van der Waals surface area contributed by atoms with Gasteiger partial charge in [0.05, 0.1) is 14.2 Å². The van der Waals surface area contributed by atoms with Crippen molar-refractivity contribution in [1.29, 1.82) is 0 Å². The van der Waals surface area contributed by atoms with Crippen LogP contribution in [-0.2, 0) is 24.3 Å². The summed E-state index contributed by atoms with van der Waals surface area (Å²) in [6.45, 7) is 1.80. The zero-order valence-corrected chi connectivity index (χ0v) is 17.6. The number of aromatic nitrogens is 2. The molecule has 0 spiro atoms. The average Bonchev–Trinajstić information content (AvgIpc) is 2.78. The number of amides is 1. The van der Waals surface area contributed by atoms with Crippen LogP contribution in [-0.4, -0.2) is 29.7 Å². The molecule has 1 aromatic heterocycles. The number of rotatable bonds is 8. The molecule has 0 saturated heterocycles. The first-order valence-corrected chi connectivity index (χ1v) is 9.80. The second-order valence-electron chi connectivity index (χ2n) is 6.79. The Bertz CT molecular complexity index is 1140. The van der Waals surface area contributed by atoms with E-state index in [1.165, 1.54) is 43.1 Å². The van der Waals surface area contributed by atoms with Crippen molar-refractivity contribution in [3.8, 4) is 22.9 Å². The molecule has 31 heavy (non-hydrogen) atoms. The standard InChI is InChI=1S/C23H24FN3O4/c1-4-18-12-21(29)27(23(26-18)15-7-5-9-17(24)11-15)14-20(28)25-13-16-8-6-10-19(30-2)22(16)31-3/h5-12H,4,13-14H2,1-3H3,(H,25,28). The number of hydrogen-bond acceptors (Lipinski definition) is 5. The van der Waals surface area contributed by atoms with E-state index in [4.69, 9.17) is 9.47 Å². The normalized spacial score (nSPS) is 10.6. The third-order valence-electron chi connectivity index (χ3n) is 4.77. The van der Waals surface area contributed by atoms with Crippen molar-refractivity contribution in [1.82, 2.24) is 14.9 Å². The highest BCUT2D eigenvalue weighted by atomic mass is 19.1. The number of carbonyl (C=O) groups is 1. The summed E-state index contributed by atoms with van der Waals surface area (Å²) >= 11 is 0. The van der Waals surface area contributed by atoms with Crippen LogP contribution in [0.15, 0.2) is 53.3 Å². The number of ether oxygens (including phenoxy) is 2. The fraction of sp³-hybridized carbons (Fsp3) is 0.261. The van der Waals surface area contributed by atoms with Crippen LogP contribution in [0.5, 0.6) is 11.5 Å². The Hall–Kier alpha value is -3.68. The maximum atomic E-state index is 13.8. The maximum Gasteiger partial charge on any atom is 0.254 e. The number of para-hydroxylation sites is 1. The Morgan fingerprint density at radius 1 is 1.13 bits per heavy atom. The highest BCUT2D eigenvalue weighted by molar-refractivity contribution is 5.76. The molecule has 1 N–H and O–H groups in total. The molecule has 0 bridgehead atoms. The lowest BCUT2D eigenvalue weighted by Gasteiger charge is -2.15. The van der Waals surface area contributed by atoms with Crippen LogP contribution in [0.25, 0.3) is 11.4 Å². The van der Waals surface area contributed by atoms with Gasteiger partial charge >= 0.3 is 0 Å². The lowest BCUT2D eigenvalue weighted by Crippen LogP contribution is -2.33. The van der Waals surface area contributed by atoms with Crippen LogP contribution in [0, 0.1) is 5.82 Å². The van der Waals surface area contributed by atoms with E-state index in [2.05, 4.69) is 10.3 Å². The predicted octanol–water partition coefficient (Wildman–Crippen LogP) is 2.95. The van der Waals surface area contributed by atoms with Crippen molar-refractivity contribution in [2.45, 2.75) is 26.4 Å². The van der Waals surface area contributed by atoms with E-state index in [1.807, 2.05) is 13.0 Å². The molecule has 7 nitrogen and oxygen atoms in total. The van der Waals surface area contributed by atoms with Gasteiger partial charge in [0.25, 0.3) is 5.56 Å². The van der Waals surface area contributed by atoms with Crippen LogP contribution in [0.1, 0.15) is 18.2 Å². The van der Waals surface area contributed by atoms with Gasteiger partial charge in [-0.05, 0) is 24.6 Å². The van der Waals surface area contributed by atoms with Gasteiger partial charge in [0.1, 0.15) is 18.2 Å². The van der Waals surface area contributed by atoms with Gasteiger partial charge in [-0.25, -0.2) is 9.37 Å². The molecule has 0 aliphatic rings. The molecule has 8 heteroatoms. The van der Waals surface area contributed by atoms with Crippen LogP contribution >= 0.6 is 0 Å². The van der Waals surface area contributed by atoms with Crippen molar-refractivity contribution in [2.24, 2.45) is 0 Å². The molecular formula is C23H24FN3O4. The third kappa shape index (κ3) is 5.09. The molecule has 0 aliphatic carbocycles. The molecule has 3 aromatic rings. The first-order valence-electron chi connectivity index (χ1n) is 9.80. The molecule has 0 unspecified atom stereocenters. The molecule has 2 aromatic carbocycles. The van der Waals surface area contributed by atoms with Gasteiger partial charge < -0.3 is 14.8 Å². The van der Waals surface area contributed by atoms with Crippen molar-refractivity contribution < 1.29 is 18.7 Å². The fourth-order valence-corrected chi connectivity index (χ4v) is 3.22. The van der Waals surface area contributed by atoms with E-state index in [1.54, 1.807) is 18.2 Å². The Morgan fingerprint density at radius 3 is 2.58 bits per heavy atom. The Balaban J connectivity index is 1.86. The van der Waals surface area contributed by atoms with Crippen LogP contribution < -0.4 is 20.3 Å². The van der Waals surface area contributed by atoms with E-state index >= 15 is 0 Å². The second-order valence-corrected chi connectivity index (χ2v) is 6.79. The highest BCUT2D eigenvalue weighted by Crippen LogP contribution is 2.30. The third-order valence-corrected chi connectivity index (χ3v) is 4.77. The molecule has 3 rings (SSSR count). The van der Waals surface area contributed by atoms with Crippen LogP contribution in [0.2, 0.25) is 0 Å². The first kappa shape index (κ1) is 22.0. The summed E-state index contributed by atoms with van der Waals surface area (Å²) in [7, 11) is 3.06. The Kier molecular flexibility index (Phi) is 7.02. The van der Waals surface area contributed by atoms with Crippen molar-refractivity contribution in [3.05, 3.63) is 76.0 Å². The monoisotopic (exact) mass is 425 g/mol. The summed E-state index contributed by atoms with van der Waals surface area (Å²) in [5, 5.41) is 2.78. The minimum absolute atomic E-state index is 0.184. The van der Waals surface area contributed by atoms with Crippen LogP contribution in [0.4, 0.5) is 4.39 Å². The molecule has 162 valence electrons. The SMILES string of the molecule is CCc1cc(=O)n(CC(=O)NCc2cccc(OC)c2OC)c(-c2cccc(F)c2)n1. The van der Waals surface area contributed by atoms with Crippen LogP contribution in [0.3, 0.4) is 0 Å². The van der Waals surface area contributed by atoms with Gasteiger partial charge in [-0.2, -0.15) is 0 Å². The lowest BCUT2D eigenvalue weighted by atomic mass is 10.1. The Morgan fingerprint density at radius 2 is 1.90 bits per heavy atom. The van der Waals surface area contributed by atoms with Gasteiger partial charge in [0.2, 0.25) is 5.91 Å². The van der Waals surface area contributed by atoms with Gasteiger partial charge in [-0.15, -0.1) is 0 Å². The van der Waals surface area contributed by atoms with E-state index in [9.17, 15) is 14.0 Å². The number of aryl methyl sites for hydroxylation is 1. The lowest BCUT2D eigenvalue weighted by molar-refractivity contribution is -0.121. The van der Waals surface area contributed by atoms with E-state index in [-0.39, 0.29) is 24.5 Å². The number of hydrogen-bond donors (Lipinski definition) is 1. The smallest absolute Gasteiger partial charge is 0.254 e. The number of methoxy groups -OCH3 is 2. The Labute approximate surface area is 179 Å². The second kappa shape index (κ2) is 9.88. The molecule has 0 fully saturated rings. The number of benzene rings is 2. The molecule has 0 atom stereocenters. The molecular weight excluding hydrogens is 401 g/mol. The van der Waals surface area contributed by atoms with E-state index in [0.29, 0.717) is 29.2 Å². The van der Waals surface area contributed by atoms with E-state index < -0.39 is 11.7 Å². The van der Waals surface area contributed by atoms with Crippen molar-refractivity contribution in [2.75, 3.05) is 14.2 Å². The highest BCUT2D eigenvalue weighted by Gasteiger charge is 2.15. The molecule has 0 radical (unpaired) electrons. The van der Waals surface area contributed by atoms with Gasteiger partial charge in [-0.1, -0.05) is 31.2 Å². The van der Waals surface area contributed by atoms with Gasteiger partial charge in [0.15, 0.2) is 11.5 Å². The molecule has 1 amide bonds. The van der Waals surface area contributed by atoms with E-state index in [0.717, 1.165) is 5.56 Å². The summed E-state index contributed by atoms with van der Waals surface area (Å²) in [6, 6.07) is 12.5. The number of nitrogens with one attached hydrogen (secondary N) is 1. The van der Waals surface area contributed by atoms with Gasteiger partial charge in [-0.3, -0.25) is 14.2 Å². The van der Waals surface area contributed by atoms with Gasteiger partial charge in [0, 0.05) is 29.4 Å². The minimum Gasteiger partial charge on any atom is -0.493 e. The van der Waals surface area contributed by atoms with Crippen molar-refractivity contribution >= 4 is 5.91 Å². The molecule has 1 heterocycles. The number of carbonyl (C=O) groups excluding carboxylic acids is 1. The summed E-state index contributed by atoms with van der Waals surface area (Å²) in [5.41, 5.74) is 1.35. The maximum absolute atomic E-state index is 13.8. The summed E-state index contributed by atoms with van der Waals surface area (Å²) in [4.78, 5) is 29.8. The first-order chi connectivity index (χ1) is 15.0. The molecule has 0 aliphatic heterocycles.